The minimum Gasteiger partial charge on any atom is -0.393 e. The van der Waals surface area contributed by atoms with E-state index >= 15 is 0 Å². The molecular weight excluding hydrogens is 112 g/mol. The molecule has 0 aromatic rings. The highest BCUT2D eigenvalue weighted by atomic mass is 16.3. The molecule has 0 fully saturated rings. The molecule has 0 aliphatic rings. The molecule has 0 bridgehead atoms. The quantitative estimate of drug-likeness (QED) is 0.620. The van der Waals surface area contributed by atoms with E-state index in [-0.39, 0.29) is 6.10 Å². The SMILES string of the molecule is CCC(C(C)C)C(C)O. The van der Waals surface area contributed by atoms with Gasteiger partial charge in [-0.2, -0.15) is 0 Å². The Morgan fingerprint density at radius 1 is 1.22 bits per heavy atom. The lowest BCUT2D eigenvalue weighted by molar-refractivity contribution is 0.0952. The second-order valence-corrected chi connectivity index (χ2v) is 3.06. The molecule has 0 spiro atoms. The fourth-order valence-electron chi connectivity index (χ4n) is 1.37. The van der Waals surface area contributed by atoms with E-state index in [1.165, 1.54) is 0 Å². The Labute approximate surface area is 58.1 Å². The largest absolute Gasteiger partial charge is 0.393 e. The lowest BCUT2D eigenvalue weighted by atomic mass is 9.89. The maximum Gasteiger partial charge on any atom is 0.0542 e. The molecule has 56 valence electrons. The number of aliphatic hydroxyl groups excluding tert-OH is 1. The van der Waals surface area contributed by atoms with Gasteiger partial charge in [0.15, 0.2) is 0 Å². The van der Waals surface area contributed by atoms with Crippen molar-refractivity contribution in [2.75, 3.05) is 0 Å². The average molecular weight is 130 g/mol. The zero-order chi connectivity index (χ0) is 7.44. The normalized spacial score (nSPS) is 18.0. The lowest BCUT2D eigenvalue weighted by Crippen LogP contribution is -2.20. The van der Waals surface area contributed by atoms with Gasteiger partial charge >= 0.3 is 0 Å². The van der Waals surface area contributed by atoms with Crippen LogP contribution in [0.15, 0.2) is 0 Å². The van der Waals surface area contributed by atoms with Crippen LogP contribution in [0.2, 0.25) is 0 Å². The van der Waals surface area contributed by atoms with Crippen LogP contribution >= 0.6 is 0 Å². The highest BCUT2D eigenvalue weighted by Gasteiger charge is 2.15. The Balaban J connectivity index is 3.68. The van der Waals surface area contributed by atoms with Crippen molar-refractivity contribution in [1.29, 1.82) is 0 Å². The number of hydrogen-bond acceptors (Lipinski definition) is 1. The molecule has 2 atom stereocenters. The molecule has 0 aliphatic heterocycles. The number of rotatable bonds is 3. The molecular formula is C8H18O. The highest BCUT2D eigenvalue weighted by Crippen LogP contribution is 2.18. The molecule has 0 amide bonds. The predicted molar refractivity (Wildman–Crippen MR) is 40.3 cm³/mol. The highest BCUT2D eigenvalue weighted by molar-refractivity contribution is 4.65. The Kier molecular flexibility index (Phi) is 3.87. The first-order valence-electron chi connectivity index (χ1n) is 3.77. The molecule has 0 radical (unpaired) electrons. The Bertz CT molecular complexity index is 59.0. The van der Waals surface area contributed by atoms with Crippen molar-refractivity contribution < 1.29 is 5.11 Å². The summed E-state index contributed by atoms with van der Waals surface area (Å²) < 4.78 is 0. The predicted octanol–water partition coefficient (Wildman–Crippen LogP) is 2.05. The Morgan fingerprint density at radius 3 is 1.67 bits per heavy atom. The molecule has 0 aliphatic carbocycles. The molecule has 0 saturated carbocycles. The van der Waals surface area contributed by atoms with Crippen LogP contribution in [0.1, 0.15) is 34.1 Å². The summed E-state index contributed by atoms with van der Waals surface area (Å²) in [6, 6.07) is 0. The topological polar surface area (TPSA) is 20.2 Å². The van der Waals surface area contributed by atoms with Crippen LogP contribution in [0.3, 0.4) is 0 Å². The fraction of sp³-hybridized carbons (Fsp3) is 1.00. The summed E-state index contributed by atoms with van der Waals surface area (Å²) in [6.45, 7) is 8.30. The van der Waals surface area contributed by atoms with Gasteiger partial charge in [-0.15, -0.1) is 0 Å². The van der Waals surface area contributed by atoms with Gasteiger partial charge in [0.05, 0.1) is 6.10 Å². The van der Waals surface area contributed by atoms with Gasteiger partial charge < -0.3 is 5.11 Å². The van der Waals surface area contributed by atoms with Crippen molar-refractivity contribution >= 4 is 0 Å². The summed E-state index contributed by atoms with van der Waals surface area (Å²) in [4.78, 5) is 0. The third kappa shape index (κ3) is 2.85. The number of hydrogen-bond donors (Lipinski definition) is 1. The first kappa shape index (κ1) is 8.96. The van der Waals surface area contributed by atoms with E-state index in [9.17, 15) is 5.11 Å². The lowest BCUT2D eigenvalue weighted by Gasteiger charge is -2.21. The van der Waals surface area contributed by atoms with Crippen molar-refractivity contribution in [3.63, 3.8) is 0 Å². The van der Waals surface area contributed by atoms with Crippen LogP contribution < -0.4 is 0 Å². The fourth-order valence-corrected chi connectivity index (χ4v) is 1.37. The van der Waals surface area contributed by atoms with Crippen LogP contribution in [0.25, 0.3) is 0 Å². The van der Waals surface area contributed by atoms with Crippen LogP contribution in [0.5, 0.6) is 0 Å². The van der Waals surface area contributed by atoms with E-state index < -0.39 is 0 Å². The minimum atomic E-state index is -0.144. The first-order chi connectivity index (χ1) is 4.09. The summed E-state index contributed by atoms with van der Waals surface area (Å²) in [5.74, 6) is 1.08. The molecule has 0 aromatic heterocycles. The van der Waals surface area contributed by atoms with Gasteiger partial charge in [0.25, 0.3) is 0 Å². The van der Waals surface area contributed by atoms with Gasteiger partial charge in [-0.3, -0.25) is 0 Å². The Morgan fingerprint density at radius 2 is 1.67 bits per heavy atom. The van der Waals surface area contributed by atoms with Crippen molar-refractivity contribution in [2.45, 2.75) is 40.2 Å². The summed E-state index contributed by atoms with van der Waals surface area (Å²) in [6.07, 6.45) is 0.935. The van der Waals surface area contributed by atoms with E-state index in [0.29, 0.717) is 11.8 Å². The van der Waals surface area contributed by atoms with Crippen LogP contribution in [-0.4, -0.2) is 11.2 Å². The molecule has 0 saturated heterocycles. The minimum absolute atomic E-state index is 0.144. The van der Waals surface area contributed by atoms with Crippen LogP contribution in [0.4, 0.5) is 0 Å². The van der Waals surface area contributed by atoms with E-state index in [0.717, 1.165) is 6.42 Å². The van der Waals surface area contributed by atoms with Crippen molar-refractivity contribution in [2.24, 2.45) is 11.8 Å². The standard InChI is InChI=1S/C8H18O/c1-5-8(6(2)3)7(4)9/h6-9H,5H2,1-4H3. The van der Waals surface area contributed by atoms with E-state index in [4.69, 9.17) is 0 Å². The molecule has 2 unspecified atom stereocenters. The van der Waals surface area contributed by atoms with Gasteiger partial charge in [-0.05, 0) is 18.8 Å². The molecule has 1 heteroatoms. The van der Waals surface area contributed by atoms with E-state index in [2.05, 4.69) is 20.8 Å². The van der Waals surface area contributed by atoms with Gasteiger partial charge in [-0.25, -0.2) is 0 Å². The van der Waals surface area contributed by atoms with E-state index in [1.807, 2.05) is 6.92 Å². The van der Waals surface area contributed by atoms with Crippen LogP contribution in [-0.2, 0) is 0 Å². The second-order valence-electron chi connectivity index (χ2n) is 3.06. The Hall–Kier alpha value is -0.0400. The zero-order valence-corrected chi connectivity index (χ0v) is 6.89. The second kappa shape index (κ2) is 3.89. The van der Waals surface area contributed by atoms with Gasteiger partial charge in [-0.1, -0.05) is 27.2 Å². The van der Waals surface area contributed by atoms with E-state index in [1.54, 1.807) is 0 Å². The summed E-state index contributed by atoms with van der Waals surface area (Å²) in [5, 5.41) is 9.18. The molecule has 0 aromatic carbocycles. The first-order valence-corrected chi connectivity index (χ1v) is 3.77. The molecule has 9 heavy (non-hydrogen) atoms. The van der Waals surface area contributed by atoms with Gasteiger partial charge in [0, 0.05) is 0 Å². The van der Waals surface area contributed by atoms with Crippen LogP contribution in [0, 0.1) is 11.8 Å². The molecule has 0 heterocycles. The van der Waals surface area contributed by atoms with Crippen molar-refractivity contribution in [3.05, 3.63) is 0 Å². The third-order valence-electron chi connectivity index (χ3n) is 1.95. The molecule has 1 nitrogen and oxygen atoms in total. The van der Waals surface area contributed by atoms with Crippen molar-refractivity contribution in [1.82, 2.24) is 0 Å². The molecule has 0 rings (SSSR count). The maximum atomic E-state index is 9.18. The third-order valence-corrected chi connectivity index (χ3v) is 1.95. The van der Waals surface area contributed by atoms with Gasteiger partial charge in [0.1, 0.15) is 0 Å². The summed E-state index contributed by atoms with van der Waals surface area (Å²) in [7, 11) is 0. The number of aliphatic hydroxyl groups is 1. The molecule has 1 N–H and O–H groups in total. The average Bonchev–Trinajstić information content (AvgIpc) is 1.64. The summed E-state index contributed by atoms with van der Waals surface area (Å²) >= 11 is 0. The van der Waals surface area contributed by atoms with Crippen molar-refractivity contribution in [3.8, 4) is 0 Å². The monoisotopic (exact) mass is 130 g/mol. The van der Waals surface area contributed by atoms with Gasteiger partial charge in [0.2, 0.25) is 0 Å². The summed E-state index contributed by atoms with van der Waals surface area (Å²) in [5.41, 5.74) is 0. The smallest absolute Gasteiger partial charge is 0.0542 e. The maximum absolute atomic E-state index is 9.18. The zero-order valence-electron chi connectivity index (χ0n) is 6.89.